The number of anilines is 1. The zero-order chi connectivity index (χ0) is 26.3. The molecular weight excluding hydrogens is 520 g/mol. The number of nitrogens with two attached hydrogens (primary N) is 1. The zero-order valence-electron chi connectivity index (χ0n) is 18.4. The van der Waals surface area contributed by atoms with Crippen molar-refractivity contribution >= 4 is 32.5 Å². The third kappa shape index (κ3) is 5.49. The number of nitrogen functional groups attached to an aromatic ring is 1. The molecule has 7 N–H and O–H groups in total. The molecule has 4 rings (SSSR count). The van der Waals surface area contributed by atoms with Crippen LogP contribution in [-0.2, 0) is 22.7 Å². The molecule has 0 aromatic carbocycles. The third-order valence-corrected chi connectivity index (χ3v) is 7.40. The van der Waals surface area contributed by atoms with Crippen LogP contribution < -0.4 is 5.73 Å². The minimum Gasteiger partial charge on any atom is -0.387 e. The number of ether oxygens (including phenoxy) is 1. The van der Waals surface area contributed by atoms with Crippen LogP contribution in [0.1, 0.15) is 24.4 Å². The number of rotatable bonds is 6. The van der Waals surface area contributed by atoms with Gasteiger partial charge >= 0.3 is 15.6 Å². The Labute approximate surface area is 203 Å². The maximum Gasteiger partial charge on any atom is 0.481 e. The van der Waals surface area contributed by atoms with Gasteiger partial charge in [0.05, 0.1) is 17.6 Å². The van der Waals surface area contributed by atoms with Crippen LogP contribution in [0.15, 0.2) is 36.9 Å². The van der Waals surface area contributed by atoms with Crippen LogP contribution in [0.2, 0.25) is 0 Å². The molecule has 1 aliphatic rings. The molecule has 0 bridgehead atoms. The van der Waals surface area contributed by atoms with Crippen molar-refractivity contribution in [2.45, 2.75) is 31.0 Å². The first-order valence-corrected chi connectivity index (χ1v) is 13.2. The predicted octanol–water partition coefficient (Wildman–Crippen LogP) is 0.0439. The summed E-state index contributed by atoms with van der Waals surface area (Å²) in [7, 11) is -10.6. The van der Waals surface area contributed by atoms with E-state index in [0.717, 1.165) is 0 Å². The van der Waals surface area contributed by atoms with E-state index >= 15 is 0 Å². The van der Waals surface area contributed by atoms with Gasteiger partial charge in [-0.1, -0.05) is 12.0 Å². The molecule has 1 fully saturated rings. The predicted molar refractivity (Wildman–Crippen MR) is 122 cm³/mol. The van der Waals surface area contributed by atoms with Crippen molar-refractivity contribution in [1.82, 2.24) is 19.5 Å². The third-order valence-electron chi connectivity index (χ3n) is 5.25. The average molecular weight is 541 g/mol. The van der Waals surface area contributed by atoms with E-state index in [4.69, 9.17) is 20.3 Å². The molecule has 5 atom stereocenters. The number of aliphatic hydroxyl groups is 2. The summed E-state index contributed by atoms with van der Waals surface area (Å²) in [5.74, 6) is 5.91. The zero-order valence-corrected chi connectivity index (χ0v) is 20.2. The number of hydrogen-bond acceptors (Lipinski definition) is 11. The molecule has 0 radical (unpaired) electrons. The molecule has 0 saturated carbocycles. The lowest BCUT2D eigenvalue weighted by Crippen LogP contribution is -2.44. The summed E-state index contributed by atoms with van der Waals surface area (Å²) in [6, 6.07) is 5.21. The Morgan fingerprint density at radius 2 is 1.97 bits per heavy atom. The lowest BCUT2D eigenvalue weighted by atomic mass is 9.96. The molecule has 0 amide bonds. The van der Waals surface area contributed by atoms with Crippen molar-refractivity contribution in [3.05, 3.63) is 48.2 Å². The van der Waals surface area contributed by atoms with Crippen LogP contribution in [0.3, 0.4) is 0 Å². The number of fused-ring (bicyclic) bond motifs is 1. The van der Waals surface area contributed by atoms with Crippen LogP contribution in [0, 0.1) is 11.8 Å². The lowest BCUT2D eigenvalue weighted by Gasteiger charge is -2.27. The summed E-state index contributed by atoms with van der Waals surface area (Å²) in [5, 5.41) is 22.0. The molecule has 3 aromatic rings. The molecule has 0 spiro atoms. The molecule has 0 aliphatic carbocycles. The van der Waals surface area contributed by atoms with Gasteiger partial charge in [-0.25, -0.2) is 24.1 Å². The molecule has 4 heterocycles. The van der Waals surface area contributed by atoms with Gasteiger partial charge in [0.25, 0.3) is 0 Å². The number of phosphoric acid groups is 2. The van der Waals surface area contributed by atoms with E-state index in [1.807, 2.05) is 0 Å². The number of aromatic nitrogens is 4. The fourth-order valence-corrected chi connectivity index (χ4v) is 5.25. The number of hydrogen-bond donors (Lipinski definition) is 6. The molecule has 17 heteroatoms. The summed E-state index contributed by atoms with van der Waals surface area (Å²) in [6.07, 6.45) is -0.151. The first kappa shape index (κ1) is 26.3. The average Bonchev–Trinajstić information content (AvgIpc) is 3.25. The van der Waals surface area contributed by atoms with Gasteiger partial charge in [0, 0.05) is 12.4 Å². The van der Waals surface area contributed by atoms with Gasteiger partial charge in [-0.3, -0.25) is 4.52 Å². The van der Waals surface area contributed by atoms with E-state index in [-0.39, 0.29) is 11.5 Å². The molecule has 1 aliphatic heterocycles. The molecule has 36 heavy (non-hydrogen) atoms. The highest BCUT2D eigenvalue weighted by molar-refractivity contribution is 7.60. The summed E-state index contributed by atoms with van der Waals surface area (Å²) in [4.78, 5) is 39.3. The van der Waals surface area contributed by atoms with E-state index in [1.54, 1.807) is 24.4 Å². The highest BCUT2D eigenvalue weighted by atomic mass is 31.3. The van der Waals surface area contributed by atoms with Gasteiger partial charge in [-0.05, 0) is 25.0 Å². The van der Waals surface area contributed by atoms with Gasteiger partial charge in [0.2, 0.25) is 0 Å². The monoisotopic (exact) mass is 541 g/mol. The highest BCUT2D eigenvalue weighted by Gasteiger charge is 2.54. The quantitative estimate of drug-likeness (QED) is 0.179. The molecule has 15 nitrogen and oxygen atoms in total. The number of aliphatic hydroxyl groups excluding tert-OH is 1. The second-order valence-corrected chi connectivity index (χ2v) is 10.7. The van der Waals surface area contributed by atoms with Crippen molar-refractivity contribution in [2.24, 2.45) is 0 Å². The molecule has 3 aromatic heterocycles. The van der Waals surface area contributed by atoms with Gasteiger partial charge in [0.15, 0.2) is 6.23 Å². The summed E-state index contributed by atoms with van der Waals surface area (Å²) < 4.78 is 38.0. The Bertz CT molecular complexity index is 1430. The second kappa shape index (κ2) is 9.62. The smallest absolute Gasteiger partial charge is 0.387 e. The molecule has 1 saturated heterocycles. The largest absolute Gasteiger partial charge is 0.481 e. The lowest BCUT2D eigenvalue weighted by molar-refractivity contribution is -0.0947. The number of nitrogens with zero attached hydrogens (tertiary/aromatic N) is 4. The van der Waals surface area contributed by atoms with E-state index in [9.17, 15) is 24.2 Å². The van der Waals surface area contributed by atoms with Crippen molar-refractivity contribution in [2.75, 3.05) is 12.3 Å². The van der Waals surface area contributed by atoms with Crippen molar-refractivity contribution in [3.8, 4) is 11.8 Å². The van der Waals surface area contributed by atoms with Gasteiger partial charge in [-0.2, -0.15) is 4.31 Å². The normalized spacial score (nSPS) is 25.9. The van der Waals surface area contributed by atoms with Crippen LogP contribution in [-0.4, -0.2) is 68.8 Å². The fourth-order valence-electron chi connectivity index (χ4n) is 3.65. The number of phosphoric ester groups is 1. The van der Waals surface area contributed by atoms with Crippen molar-refractivity contribution in [3.63, 3.8) is 0 Å². The molecular formula is C19H21N5O10P2. The number of pyridine rings is 1. The summed E-state index contributed by atoms with van der Waals surface area (Å²) >= 11 is 0. The molecule has 192 valence electrons. The van der Waals surface area contributed by atoms with E-state index < -0.39 is 46.3 Å². The Morgan fingerprint density at radius 3 is 2.64 bits per heavy atom. The van der Waals surface area contributed by atoms with E-state index in [0.29, 0.717) is 16.6 Å². The summed E-state index contributed by atoms with van der Waals surface area (Å²) in [6.45, 7) is 0.396. The minimum atomic E-state index is -5.35. The summed E-state index contributed by atoms with van der Waals surface area (Å²) in [5.41, 5.74) is 5.13. The van der Waals surface area contributed by atoms with Gasteiger partial charge < -0.3 is 39.9 Å². The molecule has 1 unspecified atom stereocenters. The van der Waals surface area contributed by atoms with Crippen LogP contribution in [0.5, 0.6) is 0 Å². The Morgan fingerprint density at radius 1 is 1.22 bits per heavy atom. The second-order valence-electron chi connectivity index (χ2n) is 7.91. The Kier molecular flexibility index (Phi) is 7.04. The maximum absolute atomic E-state index is 11.8. The topological polar surface area (TPSA) is 233 Å². The minimum absolute atomic E-state index is 0.0953. The van der Waals surface area contributed by atoms with Gasteiger partial charge in [0.1, 0.15) is 41.3 Å². The van der Waals surface area contributed by atoms with Gasteiger partial charge in [-0.15, -0.1) is 0 Å². The van der Waals surface area contributed by atoms with E-state index in [2.05, 4.69) is 35.6 Å². The van der Waals surface area contributed by atoms with Crippen LogP contribution in [0.25, 0.3) is 11.0 Å². The first-order valence-electron chi connectivity index (χ1n) is 10.1. The highest BCUT2D eigenvalue weighted by Crippen LogP contribution is 2.58. The van der Waals surface area contributed by atoms with Crippen molar-refractivity contribution in [1.29, 1.82) is 0 Å². The first-order chi connectivity index (χ1) is 16.8. The fraction of sp³-hybridized carbons (Fsp3) is 0.316. The Hall–Kier alpha value is -2.73. The van der Waals surface area contributed by atoms with Crippen LogP contribution >= 0.6 is 15.6 Å². The maximum atomic E-state index is 11.8. The van der Waals surface area contributed by atoms with Crippen molar-refractivity contribution < 1.29 is 47.6 Å². The van der Waals surface area contributed by atoms with E-state index in [1.165, 1.54) is 24.0 Å². The Balaban J connectivity index is 1.67. The van der Waals surface area contributed by atoms with Crippen LogP contribution in [0.4, 0.5) is 5.82 Å². The SMILES string of the molecule is C[C@@]1(O)[C@H](O)[C@@H](COP(=O)(O)OP(=O)(O)O)O[C@H]1n1cc(C#Cc2ccccn2)c2c(N)ncnc21. The standard InChI is InChI=1S/C19H21N5O10P2/c1-19(26)15(25)13(9-32-36(30,31)34-35(27,28)29)33-18(19)24-8-11(5-6-12-4-2-3-7-21-12)14-16(20)22-10-23-17(14)24/h2-4,7-8,10,13,15,18,25-26H,9H2,1H3,(H,30,31)(H2,20,22,23)(H2,27,28,29)/t13-,15-,18-,19-/m1/s1.